The lowest BCUT2D eigenvalue weighted by molar-refractivity contribution is -0.123. The minimum atomic E-state index is 0.199. The molecule has 3 heteroatoms. The van der Waals surface area contributed by atoms with Gasteiger partial charge in [-0.05, 0) is 35.8 Å². The van der Waals surface area contributed by atoms with Crippen LogP contribution in [0.2, 0.25) is 0 Å². The third-order valence-corrected chi connectivity index (χ3v) is 5.63. The van der Waals surface area contributed by atoms with Gasteiger partial charge in [-0.25, -0.2) is 0 Å². The molecule has 0 aromatic heterocycles. The maximum absolute atomic E-state index is 12.4. The second kappa shape index (κ2) is 6.82. The van der Waals surface area contributed by atoms with E-state index >= 15 is 0 Å². The molecule has 3 unspecified atom stereocenters. The predicted molar refractivity (Wildman–Crippen MR) is 89.5 cm³/mol. The van der Waals surface area contributed by atoms with Crippen molar-refractivity contribution in [1.29, 1.82) is 0 Å². The number of carbonyl (C=O) groups excluding carboxylic acids is 1. The summed E-state index contributed by atoms with van der Waals surface area (Å²) in [5.74, 6) is 1.52. The lowest BCUT2D eigenvalue weighted by Crippen LogP contribution is -2.48. The molecule has 0 radical (unpaired) electrons. The molecule has 1 saturated carbocycles. The van der Waals surface area contributed by atoms with E-state index in [1.165, 1.54) is 24.0 Å². The van der Waals surface area contributed by atoms with Crippen molar-refractivity contribution in [3.8, 4) is 0 Å². The molecule has 3 nitrogen and oxygen atoms in total. The smallest absolute Gasteiger partial charge is 0.234 e. The summed E-state index contributed by atoms with van der Waals surface area (Å²) in [5.41, 5.74) is 2.81. The van der Waals surface area contributed by atoms with Crippen LogP contribution in [0.1, 0.15) is 44.2 Å². The van der Waals surface area contributed by atoms with Crippen molar-refractivity contribution in [3.05, 3.63) is 35.4 Å². The van der Waals surface area contributed by atoms with Gasteiger partial charge in [0.2, 0.25) is 5.91 Å². The molecule has 120 valence electrons. The number of nitrogens with one attached hydrogen (secondary N) is 1. The van der Waals surface area contributed by atoms with Crippen LogP contribution in [0.25, 0.3) is 0 Å². The highest BCUT2D eigenvalue weighted by molar-refractivity contribution is 5.78. The minimum absolute atomic E-state index is 0.199. The Kier molecular flexibility index (Phi) is 4.82. The Labute approximate surface area is 134 Å². The molecular formula is C19H28N2O. The van der Waals surface area contributed by atoms with Crippen molar-refractivity contribution in [2.75, 3.05) is 13.1 Å². The largest absolute Gasteiger partial charge is 0.352 e. The average molecular weight is 300 g/mol. The maximum atomic E-state index is 12.4. The van der Waals surface area contributed by atoms with E-state index in [4.69, 9.17) is 0 Å². The van der Waals surface area contributed by atoms with Crippen molar-refractivity contribution in [1.82, 2.24) is 10.2 Å². The quantitative estimate of drug-likeness (QED) is 0.931. The fourth-order valence-corrected chi connectivity index (χ4v) is 3.93. The van der Waals surface area contributed by atoms with Gasteiger partial charge in [0.25, 0.3) is 0 Å². The van der Waals surface area contributed by atoms with E-state index in [1.807, 2.05) is 0 Å². The second-order valence-corrected chi connectivity index (χ2v) is 7.17. The van der Waals surface area contributed by atoms with Crippen molar-refractivity contribution < 1.29 is 4.79 Å². The van der Waals surface area contributed by atoms with E-state index in [1.54, 1.807) is 0 Å². The number of hydrogen-bond donors (Lipinski definition) is 1. The summed E-state index contributed by atoms with van der Waals surface area (Å²) in [6.07, 6.45) is 4.74. The number of fused-ring (bicyclic) bond motifs is 1. The van der Waals surface area contributed by atoms with E-state index in [2.05, 4.69) is 48.3 Å². The molecule has 3 atom stereocenters. The van der Waals surface area contributed by atoms with Crippen molar-refractivity contribution in [2.45, 2.75) is 52.1 Å². The second-order valence-electron chi connectivity index (χ2n) is 7.17. The SMILES string of the molecule is CC1CCCC(NC(=O)CN2CCc3ccccc3C2)C1C. The summed E-state index contributed by atoms with van der Waals surface area (Å²) in [5, 5.41) is 3.29. The molecule has 3 rings (SSSR count). The number of rotatable bonds is 3. The maximum Gasteiger partial charge on any atom is 0.234 e. The van der Waals surface area contributed by atoms with Gasteiger partial charge in [0.1, 0.15) is 0 Å². The van der Waals surface area contributed by atoms with Gasteiger partial charge < -0.3 is 5.32 Å². The van der Waals surface area contributed by atoms with Gasteiger partial charge in [-0.2, -0.15) is 0 Å². The first-order valence-electron chi connectivity index (χ1n) is 8.72. The number of amides is 1. The van der Waals surface area contributed by atoms with Crippen LogP contribution in [-0.4, -0.2) is 29.9 Å². The zero-order valence-electron chi connectivity index (χ0n) is 13.8. The summed E-state index contributed by atoms with van der Waals surface area (Å²) < 4.78 is 0. The molecular weight excluding hydrogens is 272 g/mol. The number of benzene rings is 1. The van der Waals surface area contributed by atoms with Gasteiger partial charge in [-0.3, -0.25) is 9.69 Å². The lowest BCUT2D eigenvalue weighted by Gasteiger charge is -2.35. The Morgan fingerprint density at radius 2 is 2.00 bits per heavy atom. The molecule has 1 fully saturated rings. The Hall–Kier alpha value is -1.35. The zero-order valence-corrected chi connectivity index (χ0v) is 13.8. The van der Waals surface area contributed by atoms with Gasteiger partial charge >= 0.3 is 0 Å². The molecule has 2 aliphatic rings. The first-order chi connectivity index (χ1) is 10.6. The first-order valence-corrected chi connectivity index (χ1v) is 8.72. The van der Waals surface area contributed by atoms with Gasteiger partial charge in [0.15, 0.2) is 0 Å². The molecule has 1 heterocycles. The molecule has 0 saturated heterocycles. The van der Waals surface area contributed by atoms with Gasteiger partial charge in [0, 0.05) is 19.1 Å². The lowest BCUT2D eigenvalue weighted by atomic mass is 9.78. The summed E-state index contributed by atoms with van der Waals surface area (Å²) >= 11 is 0. The Morgan fingerprint density at radius 1 is 1.23 bits per heavy atom. The summed E-state index contributed by atoms with van der Waals surface area (Å²) in [4.78, 5) is 14.7. The fourth-order valence-electron chi connectivity index (χ4n) is 3.93. The van der Waals surface area contributed by atoms with Crippen molar-refractivity contribution in [2.24, 2.45) is 11.8 Å². The number of nitrogens with zero attached hydrogens (tertiary/aromatic N) is 1. The molecule has 0 spiro atoms. The van der Waals surface area contributed by atoms with E-state index in [0.29, 0.717) is 18.5 Å². The molecule has 0 bridgehead atoms. The van der Waals surface area contributed by atoms with Gasteiger partial charge in [-0.15, -0.1) is 0 Å². The summed E-state index contributed by atoms with van der Waals surface area (Å²) in [6, 6.07) is 8.95. The van der Waals surface area contributed by atoms with E-state index in [0.717, 1.165) is 31.8 Å². The molecule has 1 amide bonds. The Balaban J connectivity index is 1.52. The number of carbonyl (C=O) groups is 1. The van der Waals surface area contributed by atoms with Crippen molar-refractivity contribution in [3.63, 3.8) is 0 Å². The third-order valence-electron chi connectivity index (χ3n) is 5.63. The summed E-state index contributed by atoms with van der Waals surface area (Å²) in [6.45, 7) is 7.02. The Bertz CT molecular complexity index is 528. The molecule has 1 aliphatic heterocycles. The topological polar surface area (TPSA) is 32.3 Å². The van der Waals surface area contributed by atoms with Crippen LogP contribution in [0.15, 0.2) is 24.3 Å². The third kappa shape index (κ3) is 3.52. The highest BCUT2D eigenvalue weighted by Gasteiger charge is 2.28. The highest BCUT2D eigenvalue weighted by atomic mass is 16.2. The highest BCUT2D eigenvalue weighted by Crippen LogP contribution is 2.29. The minimum Gasteiger partial charge on any atom is -0.352 e. The zero-order chi connectivity index (χ0) is 15.5. The van der Waals surface area contributed by atoms with Crippen LogP contribution in [0.3, 0.4) is 0 Å². The van der Waals surface area contributed by atoms with Gasteiger partial charge in [0.05, 0.1) is 6.54 Å². The monoisotopic (exact) mass is 300 g/mol. The standard InChI is InChI=1S/C19H28N2O/c1-14-6-5-9-18(15(14)2)20-19(22)13-21-11-10-16-7-3-4-8-17(16)12-21/h3-4,7-8,14-15,18H,5-6,9-13H2,1-2H3,(H,20,22). The Morgan fingerprint density at radius 3 is 2.82 bits per heavy atom. The van der Waals surface area contributed by atoms with Crippen LogP contribution in [0.4, 0.5) is 0 Å². The van der Waals surface area contributed by atoms with E-state index in [9.17, 15) is 4.79 Å². The van der Waals surface area contributed by atoms with Crippen LogP contribution in [0.5, 0.6) is 0 Å². The van der Waals surface area contributed by atoms with Gasteiger partial charge in [-0.1, -0.05) is 51.0 Å². The van der Waals surface area contributed by atoms with Crippen LogP contribution in [-0.2, 0) is 17.8 Å². The van der Waals surface area contributed by atoms with E-state index in [-0.39, 0.29) is 5.91 Å². The predicted octanol–water partition coefficient (Wildman–Crippen LogP) is 2.99. The average Bonchev–Trinajstić information content (AvgIpc) is 2.52. The number of hydrogen-bond acceptors (Lipinski definition) is 2. The molecule has 1 aliphatic carbocycles. The fraction of sp³-hybridized carbons (Fsp3) is 0.632. The van der Waals surface area contributed by atoms with Crippen molar-refractivity contribution >= 4 is 5.91 Å². The molecule has 1 aromatic carbocycles. The summed E-state index contributed by atoms with van der Waals surface area (Å²) in [7, 11) is 0. The van der Waals surface area contributed by atoms with Crippen LogP contribution in [0, 0.1) is 11.8 Å². The molecule has 22 heavy (non-hydrogen) atoms. The van der Waals surface area contributed by atoms with Crippen LogP contribution < -0.4 is 5.32 Å². The normalized spacial score (nSPS) is 28.9. The van der Waals surface area contributed by atoms with E-state index < -0.39 is 0 Å². The molecule has 1 aromatic rings. The first kappa shape index (κ1) is 15.5. The van der Waals surface area contributed by atoms with Crippen LogP contribution >= 0.6 is 0 Å². The molecule has 1 N–H and O–H groups in total.